The number of halogens is 1. The van der Waals surface area contributed by atoms with E-state index in [1.807, 2.05) is 24.3 Å². The Morgan fingerprint density at radius 3 is 3.12 bits per heavy atom. The van der Waals surface area contributed by atoms with E-state index in [0.717, 1.165) is 36.0 Å². The SMILES string of the molecule is O=C(CC[C@H]1CCCO1)Nc1cccc(Br)c1. The van der Waals surface area contributed by atoms with Crippen LogP contribution in [0.15, 0.2) is 28.7 Å². The lowest BCUT2D eigenvalue weighted by molar-refractivity contribution is -0.116. The Hall–Kier alpha value is -0.870. The highest BCUT2D eigenvalue weighted by atomic mass is 79.9. The van der Waals surface area contributed by atoms with Gasteiger partial charge in [0.05, 0.1) is 6.10 Å². The first-order chi connectivity index (χ1) is 8.24. The van der Waals surface area contributed by atoms with Crippen LogP contribution in [-0.2, 0) is 9.53 Å². The molecule has 1 atom stereocenters. The number of nitrogens with one attached hydrogen (secondary N) is 1. The molecule has 1 aromatic carbocycles. The molecular formula is C13H16BrNO2. The fourth-order valence-electron chi connectivity index (χ4n) is 1.95. The van der Waals surface area contributed by atoms with Crippen molar-refractivity contribution >= 4 is 27.5 Å². The van der Waals surface area contributed by atoms with Gasteiger partial charge in [-0.2, -0.15) is 0 Å². The van der Waals surface area contributed by atoms with Gasteiger partial charge >= 0.3 is 0 Å². The number of carbonyl (C=O) groups excluding carboxylic acids is 1. The van der Waals surface area contributed by atoms with E-state index in [2.05, 4.69) is 21.2 Å². The Morgan fingerprint density at radius 1 is 1.53 bits per heavy atom. The molecule has 1 aliphatic heterocycles. The lowest BCUT2D eigenvalue weighted by Crippen LogP contribution is -2.15. The predicted octanol–water partition coefficient (Wildman–Crippen LogP) is 3.35. The third-order valence-corrected chi connectivity index (χ3v) is 3.32. The summed E-state index contributed by atoms with van der Waals surface area (Å²) in [5, 5.41) is 2.88. The van der Waals surface area contributed by atoms with E-state index in [1.54, 1.807) is 0 Å². The zero-order valence-electron chi connectivity index (χ0n) is 9.62. The standard InChI is InChI=1S/C13H16BrNO2/c14-10-3-1-4-11(9-10)15-13(16)7-6-12-5-2-8-17-12/h1,3-4,9,12H,2,5-8H2,(H,15,16)/t12-/m1/s1. The third kappa shape index (κ3) is 4.13. The molecule has 1 N–H and O–H groups in total. The molecule has 0 aliphatic carbocycles. The highest BCUT2D eigenvalue weighted by molar-refractivity contribution is 9.10. The first-order valence-corrected chi connectivity index (χ1v) is 6.70. The Bertz CT molecular complexity index is 389. The molecule has 1 amide bonds. The number of carbonyl (C=O) groups is 1. The van der Waals surface area contributed by atoms with E-state index >= 15 is 0 Å². The van der Waals surface area contributed by atoms with Gasteiger partial charge in [0.25, 0.3) is 0 Å². The van der Waals surface area contributed by atoms with Crippen LogP contribution in [-0.4, -0.2) is 18.6 Å². The van der Waals surface area contributed by atoms with Gasteiger partial charge in [-0.1, -0.05) is 22.0 Å². The van der Waals surface area contributed by atoms with Gasteiger partial charge in [0, 0.05) is 23.2 Å². The molecule has 0 aromatic heterocycles. The van der Waals surface area contributed by atoms with Crippen LogP contribution in [0.5, 0.6) is 0 Å². The molecule has 1 heterocycles. The summed E-state index contributed by atoms with van der Waals surface area (Å²) >= 11 is 3.37. The minimum Gasteiger partial charge on any atom is -0.378 e. The molecule has 0 spiro atoms. The highest BCUT2D eigenvalue weighted by Crippen LogP contribution is 2.18. The zero-order chi connectivity index (χ0) is 12.1. The molecule has 0 unspecified atom stereocenters. The molecule has 1 fully saturated rings. The first-order valence-electron chi connectivity index (χ1n) is 5.91. The zero-order valence-corrected chi connectivity index (χ0v) is 11.2. The largest absolute Gasteiger partial charge is 0.378 e. The molecule has 2 rings (SSSR count). The number of ether oxygens (including phenoxy) is 1. The van der Waals surface area contributed by atoms with Crippen LogP contribution in [0.25, 0.3) is 0 Å². The number of amides is 1. The predicted molar refractivity (Wildman–Crippen MR) is 71.0 cm³/mol. The molecule has 4 heteroatoms. The Kier molecular flexibility index (Phi) is 4.57. The average Bonchev–Trinajstić information content (AvgIpc) is 2.79. The van der Waals surface area contributed by atoms with Crippen molar-refractivity contribution in [2.45, 2.75) is 31.8 Å². The van der Waals surface area contributed by atoms with Crippen LogP contribution in [0.1, 0.15) is 25.7 Å². The maximum Gasteiger partial charge on any atom is 0.224 e. The van der Waals surface area contributed by atoms with Crippen LogP contribution in [0.2, 0.25) is 0 Å². The molecular weight excluding hydrogens is 282 g/mol. The second kappa shape index (κ2) is 6.17. The van der Waals surface area contributed by atoms with Gasteiger partial charge in [-0.05, 0) is 37.5 Å². The number of rotatable bonds is 4. The van der Waals surface area contributed by atoms with Crippen molar-refractivity contribution in [2.75, 3.05) is 11.9 Å². The molecule has 92 valence electrons. The van der Waals surface area contributed by atoms with Gasteiger partial charge in [-0.15, -0.1) is 0 Å². The van der Waals surface area contributed by atoms with Crippen LogP contribution < -0.4 is 5.32 Å². The van der Waals surface area contributed by atoms with Gasteiger partial charge in [0.1, 0.15) is 0 Å². The van der Waals surface area contributed by atoms with Gasteiger partial charge in [-0.3, -0.25) is 4.79 Å². The summed E-state index contributed by atoms with van der Waals surface area (Å²) in [7, 11) is 0. The van der Waals surface area contributed by atoms with Crippen molar-refractivity contribution in [3.8, 4) is 0 Å². The summed E-state index contributed by atoms with van der Waals surface area (Å²) in [6.45, 7) is 0.845. The molecule has 0 bridgehead atoms. The summed E-state index contributed by atoms with van der Waals surface area (Å²) in [6.07, 6.45) is 3.84. The fraction of sp³-hybridized carbons (Fsp3) is 0.462. The maximum absolute atomic E-state index is 11.7. The van der Waals surface area contributed by atoms with Crippen LogP contribution in [0, 0.1) is 0 Å². The Labute approximate surface area is 110 Å². The van der Waals surface area contributed by atoms with Crippen LogP contribution in [0.4, 0.5) is 5.69 Å². The summed E-state index contributed by atoms with van der Waals surface area (Å²) < 4.78 is 6.45. The summed E-state index contributed by atoms with van der Waals surface area (Å²) in [4.78, 5) is 11.7. The first kappa shape index (κ1) is 12.6. The lowest BCUT2D eigenvalue weighted by atomic mass is 10.1. The smallest absolute Gasteiger partial charge is 0.224 e. The molecule has 1 saturated heterocycles. The van der Waals surface area contributed by atoms with E-state index in [4.69, 9.17) is 4.74 Å². The Balaban J connectivity index is 1.76. The van der Waals surface area contributed by atoms with Crippen molar-refractivity contribution in [1.29, 1.82) is 0 Å². The number of anilines is 1. The van der Waals surface area contributed by atoms with E-state index in [9.17, 15) is 4.79 Å². The Morgan fingerprint density at radius 2 is 2.41 bits per heavy atom. The monoisotopic (exact) mass is 297 g/mol. The maximum atomic E-state index is 11.7. The summed E-state index contributed by atoms with van der Waals surface area (Å²) in [5.41, 5.74) is 0.830. The molecule has 1 aliphatic rings. The van der Waals surface area contributed by atoms with Gasteiger partial charge in [0.15, 0.2) is 0 Å². The van der Waals surface area contributed by atoms with E-state index in [1.165, 1.54) is 0 Å². The summed E-state index contributed by atoms with van der Waals surface area (Å²) in [6, 6.07) is 7.61. The van der Waals surface area contributed by atoms with E-state index < -0.39 is 0 Å². The number of benzene rings is 1. The third-order valence-electron chi connectivity index (χ3n) is 2.83. The number of hydrogen-bond acceptors (Lipinski definition) is 2. The van der Waals surface area contributed by atoms with Gasteiger partial charge in [-0.25, -0.2) is 0 Å². The topological polar surface area (TPSA) is 38.3 Å². The number of hydrogen-bond donors (Lipinski definition) is 1. The molecule has 1 aromatic rings. The average molecular weight is 298 g/mol. The van der Waals surface area contributed by atoms with E-state index in [-0.39, 0.29) is 12.0 Å². The minimum atomic E-state index is 0.0543. The molecule has 3 nitrogen and oxygen atoms in total. The normalized spacial score (nSPS) is 19.2. The van der Waals surface area contributed by atoms with Gasteiger partial charge in [0.2, 0.25) is 5.91 Å². The van der Waals surface area contributed by atoms with Crippen molar-refractivity contribution in [2.24, 2.45) is 0 Å². The second-order valence-corrected chi connectivity index (χ2v) is 5.15. The van der Waals surface area contributed by atoms with Crippen molar-refractivity contribution in [1.82, 2.24) is 0 Å². The quantitative estimate of drug-likeness (QED) is 0.925. The highest BCUT2D eigenvalue weighted by Gasteiger charge is 2.16. The fourth-order valence-corrected chi connectivity index (χ4v) is 2.35. The second-order valence-electron chi connectivity index (χ2n) is 4.23. The van der Waals surface area contributed by atoms with Crippen LogP contribution >= 0.6 is 15.9 Å². The van der Waals surface area contributed by atoms with Crippen LogP contribution in [0.3, 0.4) is 0 Å². The molecule has 17 heavy (non-hydrogen) atoms. The van der Waals surface area contributed by atoms with Crippen molar-refractivity contribution in [3.05, 3.63) is 28.7 Å². The lowest BCUT2D eigenvalue weighted by Gasteiger charge is -2.09. The minimum absolute atomic E-state index is 0.0543. The van der Waals surface area contributed by atoms with Crippen molar-refractivity contribution < 1.29 is 9.53 Å². The molecule has 0 saturated carbocycles. The van der Waals surface area contributed by atoms with E-state index in [0.29, 0.717) is 6.42 Å². The summed E-state index contributed by atoms with van der Waals surface area (Å²) in [5.74, 6) is 0.0543. The van der Waals surface area contributed by atoms with Crippen molar-refractivity contribution in [3.63, 3.8) is 0 Å². The molecule has 0 radical (unpaired) electrons. The van der Waals surface area contributed by atoms with Gasteiger partial charge < -0.3 is 10.1 Å².